The quantitative estimate of drug-likeness (QED) is 0.836. The highest BCUT2D eigenvalue weighted by Crippen LogP contribution is 2.35. The van der Waals surface area contributed by atoms with Crippen molar-refractivity contribution in [2.75, 3.05) is 26.2 Å². The molecule has 2 saturated heterocycles. The molecule has 1 aromatic heterocycles. The van der Waals surface area contributed by atoms with Crippen LogP contribution in [0.25, 0.3) is 0 Å². The van der Waals surface area contributed by atoms with E-state index >= 15 is 0 Å². The number of nitrogens with zero attached hydrogens (tertiary/aromatic N) is 4. The Bertz CT molecular complexity index is 616. The van der Waals surface area contributed by atoms with Gasteiger partial charge in [0.05, 0.1) is 0 Å². The van der Waals surface area contributed by atoms with Gasteiger partial charge < -0.3 is 4.90 Å². The van der Waals surface area contributed by atoms with Crippen LogP contribution in [0, 0.1) is 11.8 Å². The van der Waals surface area contributed by atoms with Gasteiger partial charge in [-0.05, 0) is 56.6 Å². The normalized spacial score (nSPS) is 28.0. The van der Waals surface area contributed by atoms with Crippen molar-refractivity contribution >= 4 is 5.91 Å². The molecule has 0 radical (unpaired) electrons. The number of carbonyl (C=O) groups is 1. The Labute approximate surface area is 147 Å². The predicted octanol–water partition coefficient (Wildman–Crippen LogP) is 3.00. The maximum atomic E-state index is 12.7. The van der Waals surface area contributed by atoms with E-state index in [1.807, 2.05) is 4.90 Å². The van der Waals surface area contributed by atoms with Crippen LogP contribution < -0.4 is 0 Å². The van der Waals surface area contributed by atoms with E-state index in [0.29, 0.717) is 23.2 Å². The molecule has 7 heteroatoms. The number of alkyl halides is 2. The van der Waals surface area contributed by atoms with Gasteiger partial charge in [0.1, 0.15) is 0 Å². The third-order valence-corrected chi connectivity index (χ3v) is 5.94. The Morgan fingerprint density at radius 1 is 1.20 bits per heavy atom. The smallest absolute Gasteiger partial charge is 0.333 e. The molecule has 0 aromatic carbocycles. The third-order valence-electron chi connectivity index (χ3n) is 5.94. The number of hydrogen-bond acceptors (Lipinski definition) is 3. The van der Waals surface area contributed by atoms with Gasteiger partial charge in [-0.1, -0.05) is 6.42 Å². The Morgan fingerprint density at radius 2 is 2.04 bits per heavy atom. The zero-order valence-corrected chi connectivity index (χ0v) is 14.5. The number of fused-ring (bicyclic) bond motifs is 1. The fourth-order valence-corrected chi connectivity index (χ4v) is 4.44. The lowest BCUT2D eigenvalue weighted by Gasteiger charge is -2.42. The summed E-state index contributed by atoms with van der Waals surface area (Å²) in [6.07, 6.45) is 8.50. The van der Waals surface area contributed by atoms with Crippen molar-refractivity contribution < 1.29 is 13.6 Å². The van der Waals surface area contributed by atoms with E-state index in [9.17, 15) is 13.6 Å². The van der Waals surface area contributed by atoms with E-state index in [4.69, 9.17) is 0 Å². The van der Waals surface area contributed by atoms with Crippen LogP contribution in [0.3, 0.4) is 0 Å². The number of rotatable bonds is 4. The van der Waals surface area contributed by atoms with Crippen molar-refractivity contribution in [1.29, 1.82) is 0 Å². The van der Waals surface area contributed by atoms with Crippen molar-refractivity contribution in [2.45, 2.75) is 51.1 Å². The summed E-state index contributed by atoms with van der Waals surface area (Å²) in [7, 11) is 0. The van der Waals surface area contributed by atoms with Gasteiger partial charge in [-0.25, -0.2) is 4.68 Å². The molecule has 1 amide bonds. The van der Waals surface area contributed by atoms with Crippen molar-refractivity contribution in [2.24, 2.45) is 11.8 Å². The van der Waals surface area contributed by atoms with Crippen LogP contribution >= 0.6 is 0 Å². The molecule has 3 fully saturated rings. The standard InChI is InChI=1S/C18H26F2N4O/c19-18(20)24-10-6-15(21-24)17(25)23-9-7-16-14(12-23)3-1-2-8-22(16)11-13-4-5-13/h6,10,13-14,16,18H,1-5,7-9,11-12H2/t14-,16+/m0/s1. The molecule has 1 aliphatic carbocycles. The molecular weight excluding hydrogens is 326 g/mol. The second-order valence-electron chi connectivity index (χ2n) is 7.76. The van der Waals surface area contributed by atoms with Gasteiger partial charge in [-0.15, -0.1) is 0 Å². The molecule has 1 saturated carbocycles. The summed E-state index contributed by atoms with van der Waals surface area (Å²) in [5, 5.41) is 3.74. The fraction of sp³-hybridized carbons (Fsp3) is 0.778. The Balaban J connectivity index is 1.42. The lowest BCUT2D eigenvalue weighted by molar-refractivity contribution is 0.0424. The molecule has 25 heavy (non-hydrogen) atoms. The summed E-state index contributed by atoms with van der Waals surface area (Å²) in [5.41, 5.74) is 0.127. The molecule has 1 aromatic rings. The average molecular weight is 352 g/mol. The highest BCUT2D eigenvalue weighted by Gasteiger charge is 2.38. The molecule has 2 atom stereocenters. The van der Waals surface area contributed by atoms with E-state index in [0.717, 1.165) is 25.3 Å². The van der Waals surface area contributed by atoms with Gasteiger partial charge >= 0.3 is 6.55 Å². The molecule has 4 rings (SSSR count). The SMILES string of the molecule is O=C(c1ccn(C(F)F)n1)N1CC[C@@H]2[C@@H](CCCCN2CC2CC2)C1. The summed E-state index contributed by atoms with van der Waals surface area (Å²) >= 11 is 0. The van der Waals surface area contributed by atoms with E-state index < -0.39 is 6.55 Å². The van der Waals surface area contributed by atoms with Crippen LogP contribution in [0.5, 0.6) is 0 Å². The van der Waals surface area contributed by atoms with Crippen molar-refractivity contribution in [3.8, 4) is 0 Å². The first-order valence-corrected chi connectivity index (χ1v) is 9.48. The summed E-state index contributed by atoms with van der Waals surface area (Å²) in [6.45, 7) is 1.12. The number of aromatic nitrogens is 2. The second-order valence-corrected chi connectivity index (χ2v) is 7.76. The molecule has 3 aliphatic rings. The monoisotopic (exact) mass is 352 g/mol. The Hall–Kier alpha value is -1.50. The number of halogens is 2. The van der Waals surface area contributed by atoms with Crippen LogP contribution in [0.4, 0.5) is 8.78 Å². The van der Waals surface area contributed by atoms with Crippen LogP contribution in [0.1, 0.15) is 55.6 Å². The molecule has 0 spiro atoms. The first-order chi connectivity index (χ1) is 12.1. The van der Waals surface area contributed by atoms with E-state index in [1.165, 1.54) is 51.0 Å². The average Bonchev–Trinajstić information content (AvgIpc) is 3.33. The summed E-state index contributed by atoms with van der Waals surface area (Å²) in [6, 6.07) is 1.97. The largest absolute Gasteiger partial charge is 0.337 e. The van der Waals surface area contributed by atoms with Crippen molar-refractivity contribution in [3.05, 3.63) is 18.0 Å². The molecule has 138 valence electrons. The van der Waals surface area contributed by atoms with Gasteiger partial charge in [0.25, 0.3) is 5.91 Å². The molecule has 5 nitrogen and oxygen atoms in total. The topological polar surface area (TPSA) is 41.4 Å². The first-order valence-electron chi connectivity index (χ1n) is 9.48. The molecule has 0 unspecified atom stereocenters. The number of likely N-dealkylation sites (tertiary alicyclic amines) is 2. The fourth-order valence-electron chi connectivity index (χ4n) is 4.44. The van der Waals surface area contributed by atoms with Gasteiger partial charge in [0.2, 0.25) is 0 Å². The highest BCUT2D eigenvalue weighted by atomic mass is 19.3. The van der Waals surface area contributed by atoms with E-state index in [2.05, 4.69) is 10.00 Å². The van der Waals surface area contributed by atoms with Gasteiger partial charge in [0.15, 0.2) is 5.69 Å². The summed E-state index contributed by atoms with van der Waals surface area (Å²) < 4.78 is 25.9. The second kappa shape index (κ2) is 7.02. The van der Waals surface area contributed by atoms with E-state index in [-0.39, 0.29) is 11.6 Å². The van der Waals surface area contributed by atoms with Gasteiger partial charge in [0, 0.05) is 31.9 Å². The third kappa shape index (κ3) is 3.71. The predicted molar refractivity (Wildman–Crippen MR) is 89.4 cm³/mol. The molecule has 0 N–H and O–H groups in total. The number of carbonyl (C=O) groups excluding carboxylic acids is 1. The van der Waals surface area contributed by atoms with Crippen molar-refractivity contribution in [3.63, 3.8) is 0 Å². The minimum Gasteiger partial charge on any atom is -0.337 e. The molecule has 0 bridgehead atoms. The lowest BCUT2D eigenvalue weighted by atomic mass is 9.88. The Kier molecular flexibility index (Phi) is 4.75. The number of piperidine rings is 1. The molecular formula is C18H26F2N4O. The zero-order chi connectivity index (χ0) is 17.4. The Morgan fingerprint density at radius 3 is 2.76 bits per heavy atom. The summed E-state index contributed by atoms with van der Waals surface area (Å²) in [4.78, 5) is 17.1. The maximum absolute atomic E-state index is 12.7. The minimum atomic E-state index is -2.70. The zero-order valence-electron chi connectivity index (χ0n) is 14.5. The van der Waals surface area contributed by atoms with Crippen molar-refractivity contribution in [1.82, 2.24) is 19.6 Å². The van der Waals surface area contributed by atoms with Crippen LogP contribution in [-0.2, 0) is 0 Å². The molecule has 2 aliphatic heterocycles. The minimum absolute atomic E-state index is 0.127. The number of amides is 1. The highest BCUT2D eigenvalue weighted by molar-refractivity contribution is 5.92. The van der Waals surface area contributed by atoms with Crippen LogP contribution in [-0.4, -0.2) is 57.7 Å². The first kappa shape index (κ1) is 16.9. The van der Waals surface area contributed by atoms with Gasteiger partial charge in [-0.2, -0.15) is 13.9 Å². The summed E-state index contributed by atoms with van der Waals surface area (Å²) in [5.74, 6) is 1.17. The van der Waals surface area contributed by atoms with Crippen LogP contribution in [0.2, 0.25) is 0 Å². The van der Waals surface area contributed by atoms with Gasteiger partial charge in [-0.3, -0.25) is 9.69 Å². The molecule has 3 heterocycles. The lowest BCUT2D eigenvalue weighted by Crippen LogP contribution is -2.52. The number of hydrogen-bond donors (Lipinski definition) is 0. The van der Waals surface area contributed by atoms with Crippen LogP contribution in [0.15, 0.2) is 12.3 Å². The maximum Gasteiger partial charge on any atom is 0.333 e. The van der Waals surface area contributed by atoms with E-state index in [1.54, 1.807) is 0 Å².